The Morgan fingerprint density at radius 1 is 1.10 bits per heavy atom. The highest BCUT2D eigenvalue weighted by atomic mass is 19.4. The Bertz CT molecular complexity index is 489. The number of epoxide rings is 1. The first-order valence-corrected chi connectivity index (χ1v) is 7.14. The van der Waals surface area contributed by atoms with Gasteiger partial charge in [-0.1, -0.05) is 0 Å². The number of halogens is 3. The van der Waals surface area contributed by atoms with E-state index < -0.39 is 11.7 Å². The van der Waals surface area contributed by atoms with Crippen molar-refractivity contribution >= 4 is 5.69 Å². The second kappa shape index (κ2) is 5.18. The Hall–Kier alpha value is -1.27. The fourth-order valence-corrected chi connectivity index (χ4v) is 2.71. The minimum atomic E-state index is -4.27. The Morgan fingerprint density at radius 2 is 1.67 bits per heavy atom. The molecule has 3 rings (SSSR count). The molecule has 1 unspecified atom stereocenters. The quantitative estimate of drug-likeness (QED) is 0.800. The van der Waals surface area contributed by atoms with Crippen LogP contribution >= 0.6 is 0 Å². The van der Waals surface area contributed by atoms with Gasteiger partial charge in [0.2, 0.25) is 0 Å². The van der Waals surface area contributed by atoms with Gasteiger partial charge in [-0.2, -0.15) is 13.2 Å². The highest BCUT2D eigenvalue weighted by molar-refractivity contribution is 5.48. The fourth-order valence-electron chi connectivity index (χ4n) is 2.71. The minimum Gasteiger partial charge on any atom is -0.369 e. The van der Waals surface area contributed by atoms with Crippen molar-refractivity contribution in [2.45, 2.75) is 18.7 Å². The minimum absolute atomic E-state index is 0.0243. The van der Waals surface area contributed by atoms with Crippen LogP contribution in [-0.2, 0) is 10.9 Å². The Labute approximate surface area is 122 Å². The van der Waals surface area contributed by atoms with Crippen LogP contribution in [0.25, 0.3) is 0 Å². The van der Waals surface area contributed by atoms with E-state index >= 15 is 0 Å². The summed E-state index contributed by atoms with van der Waals surface area (Å²) < 4.78 is 43.0. The molecule has 2 fully saturated rings. The number of hydrogen-bond acceptors (Lipinski definition) is 3. The molecule has 0 saturated carbocycles. The third-order valence-corrected chi connectivity index (χ3v) is 4.13. The molecule has 0 N–H and O–H groups in total. The summed E-state index contributed by atoms with van der Waals surface area (Å²) in [5, 5.41) is 0. The summed E-state index contributed by atoms with van der Waals surface area (Å²) in [6, 6.07) is 5.43. The van der Waals surface area contributed by atoms with E-state index in [2.05, 4.69) is 16.7 Å². The molecule has 2 aliphatic rings. The maximum Gasteiger partial charge on any atom is 0.416 e. The normalized spacial score (nSPS) is 27.0. The number of piperazine rings is 1. The molecule has 0 aromatic heterocycles. The molecule has 2 saturated heterocycles. The Kier molecular flexibility index (Phi) is 3.61. The summed E-state index contributed by atoms with van der Waals surface area (Å²) >= 11 is 0. The first-order chi connectivity index (χ1) is 9.86. The lowest BCUT2D eigenvalue weighted by Crippen LogP contribution is -2.48. The lowest BCUT2D eigenvalue weighted by molar-refractivity contribution is -0.137. The van der Waals surface area contributed by atoms with Gasteiger partial charge in [0, 0.05) is 38.4 Å². The van der Waals surface area contributed by atoms with Crippen molar-refractivity contribution in [1.29, 1.82) is 0 Å². The van der Waals surface area contributed by atoms with Crippen LogP contribution in [0, 0.1) is 0 Å². The van der Waals surface area contributed by atoms with Crippen LogP contribution in [-0.4, -0.2) is 49.8 Å². The molecule has 1 atom stereocenters. The molecule has 0 spiro atoms. The highest BCUT2D eigenvalue weighted by Crippen LogP contribution is 2.31. The topological polar surface area (TPSA) is 19.0 Å². The second-order valence-electron chi connectivity index (χ2n) is 6.05. The predicted octanol–water partition coefficient (Wildman–Crippen LogP) is 2.62. The summed E-state index contributed by atoms with van der Waals surface area (Å²) in [6.45, 7) is 7.37. The smallest absolute Gasteiger partial charge is 0.369 e. The molecule has 3 nitrogen and oxygen atoms in total. The lowest BCUT2D eigenvalue weighted by Gasteiger charge is -2.36. The molecule has 1 aromatic carbocycles. The predicted molar refractivity (Wildman–Crippen MR) is 74.5 cm³/mol. The number of ether oxygens (including phenoxy) is 1. The van der Waals surface area contributed by atoms with E-state index in [0.717, 1.165) is 57.2 Å². The van der Waals surface area contributed by atoms with Crippen molar-refractivity contribution in [1.82, 2.24) is 4.90 Å². The van der Waals surface area contributed by atoms with Crippen LogP contribution in [0.15, 0.2) is 24.3 Å². The first kappa shape index (κ1) is 14.7. The fraction of sp³-hybridized carbons (Fsp3) is 0.600. The van der Waals surface area contributed by atoms with Gasteiger partial charge in [0.05, 0.1) is 12.2 Å². The second-order valence-corrected chi connectivity index (χ2v) is 6.05. The SMILES string of the molecule is CC1(CN2CCN(c3ccc(C(F)(F)F)cc3)CC2)CO1. The van der Waals surface area contributed by atoms with Gasteiger partial charge in [-0.05, 0) is 31.2 Å². The maximum atomic E-state index is 12.5. The van der Waals surface area contributed by atoms with Gasteiger partial charge in [-0.25, -0.2) is 0 Å². The molecule has 0 radical (unpaired) electrons. The molecule has 0 aliphatic carbocycles. The van der Waals surface area contributed by atoms with Crippen LogP contribution in [0.5, 0.6) is 0 Å². The van der Waals surface area contributed by atoms with Gasteiger partial charge in [-0.3, -0.25) is 4.90 Å². The molecule has 1 aromatic rings. The van der Waals surface area contributed by atoms with Crippen molar-refractivity contribution in [3.05, 3.63) is 29.8 Å². The van der Waals surface area contributed by atoms with Crippen LogP contribution in [0.3, 0.4) is 0 Å². The summed E-state index contributed by atoms with van der Waals surface area (Å²) in [4.78, 5) is 4.49. The number of benzene rings is 1. The van der Waals surface area contributed by atoms with E-state index in [9.17, 15) is 13.2 Å². The van der Waals surface area contributed by atoms with E-state index in [1.54, 1.807) is 12.1 Å². The summed E-state index contributed by atoms with van der Waals surface area (Å²) in [7, 11) is 0. The molecule has 2 aliphatic heterocycles. The lowest BCUT2D eigenvalue weighted by atomic mass is 10.1. The molecule has 0 bridgehead atoms. The number of alkyl halides is 3. The Morgan fingerprint density at radius 3 is 2.14 bits per heavy atom. The average Bonchev–Trinajstić information content (AvgIpc) is 3.16. The van der Waals surface area contributed by atoms with Crippen molar-refractivity contribution < 1.29 is 17.9 Å². The summed E-state index contributed by atoms with van der Waals surface area (Å²) in [6.07, 6.45) is -4.27. The molecular weight excluding hydrogens is 281 g/mol. The van der Waals surface area contributed by atoms with Gasteiger partial charge in [0.1, 0.15) is 5.60 Å². The van der Waals surface area contributed by atoms with Crippen molar-refractivity contribution in [3.63, 3.8) is 0 Å². The zero-order valence-corrected chi connectivity index (χ0v) is 12.0. The van der Waals surface area contributed by atoms with Crippen LogP contribution < -0.4 is 4.90 Å². The maximum absolute atomic E-state index is 12.5. The monoisotopic (exact) mass is 300 g/mol. The van der Waals surface area contributed by atoms with Crippen LogP contribution in [0.4, 0.5) is 18.9 Å². The number of nitrogens with zero attached hydrogens (tertiary/aromatic N) is 2. The molecule has 116 valence electrons. The molecule has 2 heterocycles. The molecule has 0 amide bonds. The average molecular weight is 300 g/mol. The largest absolute Gasteiger partial charge is 0.416 e. The highest BCUT2D eigenvalue weighted by Gasteiger charge is 2.41. The summed E-state index contributed by atoms with van der Waals surface area (Å²) in [5.74, 6) is 0. The van der Waals surface area contributed by atoms with E-state index in [-0.39, 0.29) is 5.60 Å². The van der Waals surface area contributed by atoms with Crippen LogP contribution in [0.1, 0.15) is 12.5 Å². The van der Waals surface area contributed by atoms with E-state index in [1.165, 1.54) is 0 Å². The van der Waals surface area contributed by atoms with Gasteiger partial charge in [0.15, 0.2) is 0 Å². The van der Waals surface area contributed by atoms with Gasteiger partial charge >= 0.3 is 6.18 Å². The first-order valence-electron chi connectivity index (χ1n) is 7.14. The van der Waals surface area contributed by atoms with E-state index in [1.807, 2.05) is 0 Å². The summed E-state index contributed by atoms with van der Waals surface area (Å²) in [5.41, 5.74) is 0.288. The van der Waals surface area contributed by atoms with E-state index in [4.69, 9.17) is 4.74 Å². The number of hydrogen-bond donors (Lipinski definition) is 0. The number of rotatable bonds is 3. The van der Waals surface area contributed by atoms with Gasteiger partial charge < -0.3 is 9.64 Å². The molecular formula is C15H19F3N2O. The zero-order valence-electron chi connectivity index (χ0n) is 12.0. The van der Waals surface area contributed by atoms with Crippen molar-refractivity contribution in [3.8, 4) is 0 Å². The van der Waals surface area contributed by atoms with Crippen molar-refractivity contribution in [2.24, 2.45) is 0 Å². The molecule has 6 heteroatoms. The standard InChI is InChI=1S/C15H19F3N2O/c1-14(11-21-14)10-19-6-8-20(9-7-19)13-4-2-12(3-5-13)15(16,17)18/h2-5H,6-11H2,1H3. The van der Waals surface area contributed by atoms with Crippen LogP contribution in [0.2, 0.25) is 0 Å². The Balaban J connectivity index is 1.56. The van der Waals surface area contributed by atoms with Crippen molar-refractivity contribution in [2.75, 3.05) is 44.2 Å². The zero-order chi connectivity index (χ0) is 15.1. The molecule has 21 heavy (non-hydrogen) atoms. The van der Waals surface area contributed by atoms with Gasteiger partial charge in [0.25, 0.3) is 0 Å². The number of anilines is 1. The van der Waals surface area contributed by atoms with E-state index in [0.29, 0.717) is 0 Å². The third kappa shape index (κ3) is 3.49. The third-order valence-electron chi connectivity index (χ3n) is 4.13. The van der Waals surface area contributed by atoms with Gasteiger partial charge in [-0.15, -0.1) is 0 Å².